The number of hydrogen-bond acceptors (Lipinski definition) is 0. The second-order valence-corrected chi connectivity index (χ2v) is 8.27. The highest BCUT2D eigenvalue weighted by molar-refractivity contribution is 7.00. The summed E-state index contributed by atoms with van der Waals surface area (Å²) in [6, 6.07) is 23.0. The van der Waals surface area contributed by atoms with Gasteiger partial charge in [0, 0.05) is 6.54 Å². The Labute approximate surface area is 104 Å². The predicted octanol–water partition coefficient (Wildman–Crippen LogP) is 1.75. The van der Waals surface area contributed by atoms with Crippen LogP contribution in [0, 0.1) is 0 Å². The molecule has 1 aliphatic rings. The number of benzene rings is 2. The van der Waals surface area contributed by atoms with Crippen molar-refractivity contribution in [2.45, 2.75) is 12.5 Å². The van der Waals surface area contributed by atoms with Gasteiger partial charge in [-0.3, -0.25) is 4.98 Å². The first kappa shape index (κ1) is 10.8. The van der Waals surface area contributed by atoms with E-state index in [1.807, 2.05) is 0 Å². The van der Waals surface area contributed by atoms with Gasteiger partial charge in [-0.25, -0.2) is 0 Å². The van der Waals surface area contributed by atoms with Crippen molar-refractivity contribution in [3.05, 3.63) is 60.7 Å². The molecule has 2 aromatic rings. The fourth-order valence-corrected chi connectivity index (χ4v) is 6.88. The summed E-state index contributed by atoms with van der Waals surface area (Å²) in [4.78, 5) is 5.05. The van der Waals surface area contributed by atoms with E-state index in [0.29, 0.717) is 0 Å². The fraction of sp³-hybridized carbons (Fsp3) is 0.200. The molecule has 1 saturated heterocycles. The van der Waals surface area contributed by atoms with E-state index in [1.165, 1.54) is 22.8 Å². The largest absolute Gasteiger partial charge is 0.259 e. The van der Waals surface area contributed by atoms with Gasteiger partial charge < -0.3 is 0 Å². The molecule has 1 nitrogen and oxygen atoms in total. The lowest BCUT2D eigenvalue weighted by molar-refractivity contribution is 0.919. The predicted molar refractivity (Wildman–Crippen MR) is 74.3 cm³/mol. The van der Waals surface area contributed by atoms with E-state index in [2.05, 4.69) is 60.7 Å². The summed E-state index contributed by atoms with van der Waals surface area (Å²) in [5.41, 5.74) is 0. The van der Waals surface area contributed by atoms with Gasteiger partial charge in [0.1, 0.15) is 0 Å². The minimum absolute atomic E-state index is 1.04. The monoisotopic (exact) mass is 238 g/mol. The Kier molecular flexibility index (Phi) is 2.83. The first-order valence-electron chi connectivity index (χ1n) is 6.21. The molecule has 0 bridgehead atoms. The third-order valence-electron chi connectivity index (χ3n) is 3.58. The first-order valence-corrected chi connectivity index (χ1v) is 8.37. The van der Waals surface area contributed by atoms with E-state index < -0.39 is 8.24 Å². The molecule has 2 aromatic carbocycles. The zero-order valence-electron chi connectivity index (χ0n) is 9.84. The lowest BCUT2D eigenvalue weighted by atomic mass is 10.4. The number of nitrogens with zero attached hydrogens (tertiary/aromatic N) is 1. The van der Waals surface area contributed by atoms with Crippen LogP contribution in [0.2, 0.25) is 6.04 Å². The SMILES string of the molecule is c1ccc([Si]2(c3ccccc3)CCC[N]2)cc1. The molecule has 0 N–H and O–H groups in total. The van der Waals surface area contributed by atoms with Crippen LogP contribution in [0.3, 0.4) is 0 Å². The van der Waals surface area contributed by atoms with Crippen molar-refractivity contribution in [1.82, 2.24) is 4.98 Å². The van der Waals surface area contributed by atoms with Crippen molar-refractivity contribution in [2.75, 3.05) is 6.54 Å². The van der Waals surface area contributed by atoms with Gasteiger partial charge in [0.05, 0.1) is 0 Å². The molecule has 0 aromatic heterocycles. The van der Waals surface area contributed by atoms with E-state index in [-0.39, 0.29) is 0 Å². The Morgan fingerprint density at radius 2 is 1.29 bits per heavy atom. The average Bonchev–Trinajstić information content (AvgIpc) is 2.91. The van der Waals surface area contributed by atoms with Crippen LogP contribution in [0.25, 0.3) is 0 Å². The molecule has 0 saturated carbocycles. The molecule has 1 aliphatic heterocycles. The molecule has 3 rings (SSSR count). The van der Waals surface area contributed by atoms with E-state index in [9.17, 15) is 0 Å². The lowest BCUT2D eigenvalue weighted by Crippen LogP contribution is -2.62. The number of rotatable bonds is 2. The summed E-state index contributed by atoms with van der Waals surface area (Å²) < 4.78 is 0. The molecule has 0 amide bonds. The molecule has 85 valence electrons. The second kappa shape index (κ2) is 4.47. The Morgan fingerprint density at radius 3 is 1.71 bits per heavy atom. The van der Waals surface area contributed by atoms with Crippen molar-refractivity contribution < 1.29 is 0 Å². The van der Waals surface area contributed by atoms with Crippen LogP contribution in [0.15, 0.2) is 60.7 Å². The van der Waals surface area contributed by atoms with Crippen LogP contribution < -0.4 is 15.4 Å². The average molecular weight is 238 g/mol. The lowest BCUT2D eigenvalue weighted by Gasteiger charge is -2.26. The maximum absolute atomic E-state index is 5.05. The minimum atomic E-state index is -1.76. The van der Waals surface area contributed by atoms with Crippen LogP contribution in [0.4, 0.5) is 0 Å². The van der Waals surface area contributed by atoms with Gasteiger partial charge in [0.25, 0.3) is 0 Å². The Hall–Kier alpha value is -1.38. The second-order valence-electron chi connectivity index (χ2n) is 4.58. The van der Waals surface area contributed by atoms with Crippen LogP contribution in [0.1, 0.15) is 6.42 Å². The van der Waals surface area contributed by atoms with Gasteiger partial charge in [-0.15, -0.1) is 0 Å². The number of hydrogen-bond donors (Lipinski definition) is 0. The molecule has 1 heterocycles. The van der Waals surface area contributed by atoms with Gasteiger partial charge in [-0.05, 0) is 22.8 Å². The quantitative estimate of drug-likeness (QED) is 0.708. The molecule has 0 spiro atoms. The van der Waals surface area contributed by atoms with Gasteiger partial charge in [0.15, 0.2) is 0 Å². The van der Waals surface area contributed by atoms with Gasteiger partial charge in [-0.1, -0.05) is 60.7 Å². The topological polar surface area (TPSA) is 14.1 Å². The highest BCUT2D eigenvalue weighted by Gasteiger charge is 2.41. The van der Waals surface area contributed by atoms with Crippen LogP contribution in [-0.2, 0) is 0 Å². The standard InChI is InChI=1S/C15H16NSi/c1-3-8-14(9-4-1)17(13-7-12-16-17)15-10-5-2-6-11-15/h1-6,8-11H,7,12-13H2. The van der Waals surface area contributed by atoms with Crippen LogP contribution in [-0.4, -0.2) is 14.8 Å². The van der Waals surface area contributed by atoms with Gasteiger partial charge in [-0.2, -0.15) is 0 Å². The van der Waals surface area contributed by atoms with E-state index in [0.717, 1.165) is 6.54 Å². The van der Waals surface area contributed by atoms with E-state index in [4.69, 9.17) is 4.98 Å². The molecular formula is C15H16NSi. The minimum Gasteiger partial charge on any atom is -0.259 e. The molecule has 0 unspecified atom stereocenters. The Balaban J connectivity index is 2.11. The third-order valence-corrected chi connectivity index (χ3v) is 8.00. The van der Waals surface area contributed by atoms with Gasteiger partial charge in [0.2, 0.25) is 8.24 Å². The molecule has 0 aliphatic carbocycles. The van der Waals surface area contributed by atoms with E-state index >= 15 is 0 Å². The Morgan fingerprint density at radius 1 is 0.765 bits per heavy atom. The zero-order valence-corrected chi connectivity index (χ0v) is 10.8. The van der Waals surface area contributed by atoms with Crippen molar-refractivity contribution >= 4 is 18.6 Å². The normalized spacial score (nSPS) is 18.1. The molecule has 1 radical (unpaired) electrons. The molecule has 1 fully saturated rings. The Bertz CT molecular complexity index is 433. The van der Waals surface area contributed by atoms with Gasteiger partial charge >= 0.3 is 0 Å². The van der Waals surface area contributed by atoms with E-state index in [1.54, 1.807) is 0 Å². The summed E-state index contributed by atoms with van der Waals surface area (Å²) >= 11 is 0. The maximum Gasteiger partial charge on any atom is 0.206 e. The summed E-state index contributed by atoms with van der Waals surface area (Å²) in [5.74, 6) is 0. The first-order chi connectivity index (χ1) is 8.42. The fourth-order valence-electron chi connectivity index (χ4n) is 2.75. The van der Waals surface area contributed by atoms with Crippen molar-refractivity contribution in [1.29, 1.82) is 0 Å². The molecule has 0 atom stereocenters. The summed E-state index contributed by atoms with van der Waals surface area (Å²) in [7, 11) is -1.76. The third kappa shape index (κ3) is 1.83. The summed E-state index contributed by atoms with van der Waals surface area (Å²) in [6.45, 7) is 1.04. The van der Waals surface area contributed by atoms with Crippen molar-refractivity contribution in [3.63, 3.8) is 0 Å². The van der Waals surface area contributed by atoms with Crippen molar-refractivity contribution in [2.24, 2.45) is 0 Å². The highest BCUT2D eigenvalue weighted by Crippen LogP contribution is 2.17. The van der Waals surface area contributed by atoms with Crippen molar-refractivity contribution in [3.8, 4) is 0 Å². The maximum atomic E-state index is 5.05. The summed E-state index contributed by atoms with van der Waals surface area (Å²) in [5, 5.41) is 2.92. The highest BCUT2D eigenvalue weighted by atomic mass is 28.3. The molecule has 2 heteroatoms. The zero-order chi connectivity index (χ0) is 11.6. The molecular weight excluding hydrogens is 222 g/mol. The summed E-state index contributed by atoms with van der Waals surface area (Å²) in [6.07, 6.45) is 1.25. The molecule has 17 heavy (non-hydrogen) atoms. The van der Waals surface area contributed by atoms with Crippen LogP contribution >= 0.6 is 0 Å². The van der Waals surface area contributed by atoms with Crippen LogP contribution in [0.5, 0.6) is 0 Å². The smallest absolute Gasteiger partial charge is 0.206 e.